The number of guanidine groups is 1. The van der Waals surface area contributed by atoms with E-state index in [-0.39, 0.29) is 24.0 Å². The zero-order valence-corrected chi connectivity index (χ0v) is 19.1. The molecule has 6 heteroatoms. The standard InChI is InChI=1S/C20H34N4O.HI/c1-6-21-20(23-15(2)3)22-11-18-9-7-8-10-19(18)14-24-12-16(4)25-17(5)13-24;/h7-10,15-17H,6,11-14H2,1-5H3,(H2,21,22,23);1H. The quantitative estimate of drug-likeness (QED) is 0.377. The van der Waals surface area contributed by atoms with Crippen LogP contribution in [0.5, 0.6) is 0 Å². The van der Waals surface area contributed by atoms with E-state index >= 15 is 0 Å². The molecule has 2 rings (SSSR count). The fourth-order valence-corrected chi connectivity index (χ4v) is 3.28. The second-order valence-corrected chi connectivity index (χ2v) is 7.21. The maximum Gasteiger partial charge on any atom is 0.191 e. The molecule has 1 heterocycles. The van der Waals surface area contributed by atoms with Crippen LogP contribution in [0.4, 0.5) is 0 Å². The zero-order valence-electron chi connectivity index (χ0n) is 16.8. The van der Waals surface area contributed by atoms with Gasteiger partial charge in [0.05, 0.1) is 18.8 Å². The van der Waals surface area contributed by atoms with E-state index in [1.807, 2.05) is 0 Å². The van der Waals surface area contributed by atoms with Crippen molar-refractivity contribution in [2.45, 2.75) is 66.0 Å². The van der Waals surface area contributed by atoms with Crippen LogP contribution < -0.4 is 10.6 Å². The zero-order chi connectivity index (χ0) is 18.2. The summed E-state index contributed by atoms with van der Waals surface area (Å²) < 4.78 is 5.85. The summed E-state index contributed by atoms with van der Waals surface area (Å²) in [6.45, 7) is 15.1. The Labute approximate surface area is 176 Å². The van der Waals surface area contributed by atoms with Crippen molar-refractivity contribution in [3.63, 3.8) is 0 Å². The van der Waals surface area contributed by atoms with Gasteiger partial charge in [-0.15, -0.1) is 24.0 Å². The molecule has 5 nitrogen and oxygen atoms in total. The molecule has 0 spiro atoms. The minimum atomic E-state index is 0. The highest BCUT2D eigenvalue weighted by molar-refractivity contribution is 14.0. The highest BCUT2D eigenvalue weighted by atomic mass is 127. The normalized spacial score (nSPS) is 21.4. The number of halogens is 1. The van der Waals surface area contributed by atoms with Crippen molar-refractivity contribution in [1.82, 2.24) is 15.5 Å². The van der Waals surface area contributed by atoms with Crippen LogP contribution in [0.25, 0.3) is 0 Å². The van der Waals surface area contributed by atoms with Crippen LogP contribution in [0.3, 0.4) is 0 Å². The fourth-order valence-electron chi connectivity index (χ4n) is 3.28. The summed E-state index contributed by atoms with van der Waals surface area (Å²) in [5, 5.41) is 6.68. The number of hydrogen-bond donors (Lipinski definition) is 2. The van der Waals surface area contributed by atoms with Crippen LogP contribution in [0.15, 0.2) is 29.3 Å². The van der Waals surface area contributed by atoms with Gasteiger partial charge in [0.15, 0.2) is 5.96 Å². The summed E-state index contributed by atoms with van der Waals surface area (Å²) >= 11 is 0. The number of hydrogen-bond acceptors (Lipinski definition) is 3. The van der Waals surface area contributed by atoms with Crippen LogP contribution in [0.1, 0.15) is 45.7 Å². The number of nitrogens with zero attached hydrogens (tertiary/aromatic N) is 2. The number of ether oxygens (including phenoxy) is 1. The van der Waals surface area contributed by atoms with Gasteiger partial charge in [-0.1, -0.05) is 24.3 Å². The molecule has 2 unspecified atom stereocenters. The van der Waals surface area contributed by atoms with Crippen molar-refractivity contribution < 1.29 is 4.74 Å². The minimum absolute atomic E-state index is 0. The van der Waals surface area contributed by atoms with E-state index in [4.69, 9.17) is 9.73 Å². The Morgan fingerprint density at radius 3 is 2.38 bits per heavy atom. The first-order valence-electron chi connectivity index (χ1n) is 9.47. The Morgan fingerprint density at radius 1 is 1.19 bits per heavy atom. The summed E-state index contributed by atoms with van der Waals surface area (Å²) in [4.78, 5) is 7.24. The predicted molar refractivity (Wildman–Crippen MR) is 120 cm³/mol. The number of rotatable bonds is 6. The van der Waals surface area contributed by atoms with Gasteiger partial charge in [0, 0.05) is 32.2 Å². The highest BCUT2D eigenvalue weighted by Gasteiger charge is 2.22. The van der Waals surface area contributed by atoms with Crippen LogP contribution >= 0.6 is 24.0 Å². The highest BCUT2D eigenvalue weighted by Crippen LogP contribution is 2.17. The topological polar surface area (TPSA) is 48.9 Å². The van der Waals surface area contributed by atoms with E-state index in [1.54, 1.807) is 0 Å². The van der Waals surface area contributed by atoms with Gasteiger partial charge in [0.2, 0.25) is 0 Å². The average molecular weight is 474 g/mol. The van der Waals surface area contributed by atoms with Gasteiger partial charge in [0.25, 0.3) is 0 Å². The van der Waals surface area contributed by atoms with Crippen LogP contribution in [-0.2, 0) is 17.8 Å². The average Bonchev–Trinajstić information content (AvgIpc) is 2.52. The first kappa shape index (κ1) is 23.2. The third kappa shape index (κ3) is 7.80. The molecule has 2 N–H and O–H groups in total. The third-order valence-corrected chi connectivity index (χ3v) is 4.18. The molecule has 1 saturated heterocycles. The van der Waals surface area contributed by atoms with Crippen molar-refractivity contribution in [3.8, 4) is 0 Å². The SMILES string of the molecule is CCNC(=NCc1ccccc1CN1CC(C)OC(C)C1)NC(C)C.I. The van der Waals surface area contributed by atoms with Crippen molar-refractivity contribution in [2.24, 2.45) is 4.99 Å². The molecule has 0 aromatic heterocycles. The number of nitrogens with one attached hydrogen (secondary N) is 2. The lowest BCUT2D eigenvalue weighted by Crippen LogP contribution is -2.44. The largest absolute Gasteiger partial charge is 0.373 e. The van der Waals surface area contributed by atoms with E-state index < -0.39 is 0 Å². The van der Waals surface area contributed by atoms with E-state index in [9.17, 15) is 0 Å². The van der Waals surface area contributed by atoms with Crippen molar-refractivity contribution >= 4 is 29.9 Å². The number of benzene rings is 1. The second kappa shape index (κ2) is 11.8. The summed E-state index contributed by atoms with van der Waals surface area (Å²) in [5.74, 6) is 0.876. The molecule has 1 aliphatic heterocycles. The molecule has 1 aromatic carbocycles. The van der Waals surface area contributed by atoms with E-state index in [1.165, 1.54) is 11.1 Å². The van der Waals surface area contributed by atoms with Crippen LogP contribution in [-0.4, -0.2) is 48.7 Å². The van der Waals surface area contributed by atoms with E-state index in [0.717, 1.165) is 32.1 Å². The van der Waals surface area contributed by atoms with E-state index in [2.05, 4.69) is 74.4 Å². The lowest BCUT2D eigenvalue weighted by Gasteiger charge is -2.35. The third-order valence-electron chi connectivity index (χ3n) is 4.18. The van der Waals surface area contributed by atoms with Crippen molar-refractivity contribution in [1.29, 1.82) is 0 Å². The lowest BCUT2D eigenvalue weighted by atomic mass is 10.1. The second-order valence-electron chi connectivity index (χ2n) is 7.21. The van der Waals surface area contributed by atoms with Crippen LogP contribution in [0.2, 0.25) is 0 Å². The van der Waals surface area contributed by atoms with Gasteiger partial charge in [-0.3, -0.25) is 4.90 Å². The predicted octanol–water partition coefficient (Wildman–Crippen LogP) is 3.38. The molecule has 0 radical (unpaired) electrons. The molecule has 2 atom stereocenters. The van der Waals surface area contributed by atoms with Gasteiger partial charge in [-0.2, -0.15) is 0 Å². The maximum absolute atomic E-state index is 5.85. The molecule has 0 amide bonds. The molecule has 1 aliphatic rings. The van der Waals surface area contributed by atoms with E-state index in [0.29, 0.717) is 24.8 Å². The molecule has 26 heavy (non-hydrogen) atoms. The van der Waals surface area contributed by atoms with Crippen molar-refractivity contribution in [3.05, 3.63) is 35.4 Å². The number of morpholine rings is 1. The molecule has 0 saturated carbocycles. The Balaban J connectivity index is 0.00000338. The smallest absolute Gasteiger partial charge is 0.191 e. The Morgan fingerprint density at radius 2 is 1.81 bits per heavy atom. The molecule has 1 aromatic rings. The van der Waals surface area contributed by atoms with Crippen LogP contribution in [0, 0.1) is 0 Å². The van der Waals surface area contributed by atoms with Gasteiger partial charge in [0.1, 0.15) is 0 Å². The maximum atomic E-state index is 5.85. The molecule has 1 fully saturated rings. The van der Waals surface area contributed by atoms with Crippen molar-refractivity contribution in [2.75, 3.05) is 19.6 Å². The fraction of sp³-hybridized carbons (Fsp3) is 0.650. The summed E-state index contributed by atoms with van der Waals surface area (Å²) in [6, 6.07) is 8.99. The summed E-state index contributed by atoms with van der Waals surface area (Å²) in [6.07, 6.45) is 0.592. The van der Waals surface area contributed by atoms with Gasteiger partial charge in [-0.25, -0.2) is 4.99 Å². The number of aliphatic imine (C=N–C) groups is 1. The summed E-state index contributed by atoms with van der Waals surface area (Å²) in [7, 11) is 0. The van der Waals surface area contributed by atoms with Gasteiger partial charge in [-0.05, 0) is 45.7 Å². The Kier molecular flexibility index (Phi) is 10.5. The molecular weight excluding hydrogens is 439 g/mol. The minimum Gasteiger partial charge on any atom is -0.373 e. The first-order valence-corrected chi connectivity index (χ1v) is 9.47. The Hall–Kier alpha value is -0.860. The lowest BCUT2D eigenvalue weighted by molar-refractivity contribution is -0.0705. The first-order chi connectivity index (χ1) is 12.0. The molecular formula is C20H35IN4O. The molecule has 0 bridgehead atoms. The molecule has 148 valence electrons. The van der Waals surface area contributed by atoms with Gasteiger partial charge < -0.3 is 15.4 Å². The molecule has 0 aliphatic carbocycles. The Bertz CT molecular complexity index is 554. The van der Waals surface area contributed by atoms with Gasteiger partial charge >= 0.3 is 0 Å². The monoisotopic (exact) mass is 474 g/mol. The summed E-state index contributed by atoms with van der Waals surface area (Å²) in [5.41, 5.74) is 2.64.